The van der Waals surface area contributed by atoms with E-state index in [1.807, 2.05) is 103 Å². The Morgan fingerprint density at radius 2 is 1.13 bits per heavy atom. The fourth-order valence-corrected chi connectivity index (χ4v) is 6.06. The van der Waals surface area contributed by atoms with Crippen molar-refractivity contribution < 1.29 is 33.2 Å². The molecule has 0 unspecified atom stereocenters. The normalized spacial score (nSPS) is 26.6. The molecule has 6 atom stereocenters. The number of hydrogen-bond donors (Lipinski definition) is 1. The van der Waals surface area contributed by atoms with E-state index in [1.54, 1.807) is 0 Å². The number of hydrogen-bond acceptors (Lipinski definition) is 7. The van der Waals surface area contributed by atoms with Crippen LogP contribution in [-0.2, 0) is 53.0 Å². The van der Waals surface area contributed by atoms with Crippen molar-refractivity contribution in [3.05, 3.63) is 120 Å². The van der Waals surface area contributed by atoms with E-state index < -0.39 is 30.5 Å². The number of rotatable bonds is 11. The van der Waals surface area contributed by atoms with Gasteiger partial charge in [-0.1, -0.05) is 117 Å². The summed E-state index contributed by atoms with van der Waals surface area (Å²) in [5.74, 6) is 0.276. The fraction of sp³-hybridized carbons (Fsp3) is 0.462. The van der Waals surface area contributed by atoms with Gasteiger partial charge in [0, 0.05) is 0 Å². The average Bonchev–Trinajstić information content (AvgIpc) is 3.08. The Morgan fingerprint density at radius 3 is 1.64 bits per heavy atom. The highest BCUT2D eigenvalue weighted by Gasteiger charge is 2.49. The van der Waals surface area contributed by atoms with Crippen molar-refractivity contribution >= 4 is 5.91 Å². The Balaban J connectivity index is 1.46. The number of carbonyl (C=O) groups is 1. The summed E-state index contributed by atoms with van der Waals surface area (Å²) in [5.41, 5.74) is 3.09. The molecule has 0 saturated carbocycles. The number of fused-ring (bicyclic) bond motifs is 2. The fourth-order valence-electron chi connectivity index (χ4n) is 6.06. The van der Waals surface area contributed by atoms with Crippen LogP contribution in [-0.4, -0.2) is 68.9 Å². The molecule has 1 N–H and O–H groups in total. The Hall–Kier alpha value is -3.37. The molecular weight excluding hydrogens is 594 g/mol. The molecule has 252 valence electrons. The molecule has 8 heteroatoms. The highest BCUT2D eigenvalue weighted by Crippen LogP contribution is 2.32. The zero-order chi connectivity index (χ0) is 32.7. The molecule has 3 aromatic rings. The minimum absolute atomic E-state index is 0.0966. The van der Waals surface area contributed by atoms with E-state index >= 15 is 0 Å². The predicted molar refractivity (Wildman–Crippen MR) is 180 cm³/mol. The van der Waals surface area contributed by atoms with E-state index in [-0.39, 0.29) is 25.0 Å². The van der Waals surface area contributed by atoms with Gasteiger partial charge in [0.15, 0.2) is 0 Å². The van der Waals surface area contributed by atoms with Gasteiger partial charge in [0.2, 0.25) is 5.91 Å². The highest BCUT2D eigenvalue weighted by atomic mass is 16.6. The summed E-state index contributed by atoms with van der Waals surface area (Å²) in [6.07, 6.45) is 2.00. The van der Waals surface area contributed by atoms with Crippen LogP contribution >= 0.6 is 0 Å². The Bertz CT molecular complexity index is 1340. The van der Waals surface area contributed by atoms with Crippen LogP contribution in [0.4, 0.5) is 0 Å². The second-order valence-corrected chi connectivity index (χ2v) is 12.6. The van der Waals surface area contributed by atoms with Crippen LogP contribution < -0.4 is 5.32 Å². The predicted octanol–water partition coefficient (Wildman–Crippen LogP) is 6.03. The molecule has 5 rings (SSSR count). The Kier molecular flexibility index (Phi) is 14.0. The quantitative estimate of drug-likeness (QED) is 0.255. The van der Waals surface area contributed by atoms with Gasteiger partial charge in [-0.15, -0.1) is 0 Å². The lowest BCUT2D eigenvalue weighted by Crippen LogP contribution is -2.62. The molecule has 2 bridgehead atoms. The third kappa shape index (κ3) is 11.4. The molecule has 2 aliphatic rings. The summed E-state index contributed by atoms with van der Waals surface area (Å²) >= 11 is 0. The summed E-state index contributed by atoms with van der Waals surface area (Å²) in [5, 5.41) is 3.22. The zero-order valence-electron chi connectivity index (χ0n) is 27.6. The molecule has 2 aliphatic heterocycles. The van der Waals surface area contributed by atoms with Crippen LogP contribution in [0.25, 0.3) is 0 Å². The summed E-state index contributed by atoms with van der Waals surface area (Å²) in [4.78, 5) is 13.7. The van der Waals surface area contributed by atoms with Crippen molar-refractivity contribution in [3.63, 3.8) is 0 Å². The van der Waals surface area contributed by atoms with Crippen LogP contribution in [0.5, 0.6) is 0 Å². The van der Waals surface area contributed by atoms with Gasteiger partial charge >= 0.3 is 0 Å². The first-order chi connectivity index (χ1) is 23.0. The molecule has 2 heterocycles. The second-order valence-electron chi connectivity index (χ2n) is 12.6. The smallest absolute Gasteiger partial charge is 0.223 e. The molecule has 47 heavy (non-hydrogen) atoms. The molecule has 3 aromatic carbocycles. The summed E-state index contributed by atoms with van der Waals surface area (Å²) in [6.45, 7) is 6.87. The lowest BCUT2D eigenvalue weighted by Gasteiger charge is -2.46. The number of carbonyl (C=O) groups excluding carboxylic acids is 1. The van der Waals surface area contributed by atoms with Gasteiger partial charge in [-0.05, 0) is 29.0 Å². The molecule has 0 radical (unpaired) electrons. The van der Waals surface area contributed by atoms with Gasteiger partial charge in [0.1, 0.15) is 24.4 Å². The van der Waals surface area contributed by atoms with Gasteiger partial charge in [-0.3, -0.25) is 4.79 Å². The Labute approximate surface area is 279 Å². The molecule has 1 amide bonds. The highest BCUT2D eigenvalue weighted by molar-refractivity contribution is 5.77. The minimum atomic E-state index is -0.606. The number of nitrogens with one attached hydrogen (secondary N) is 1. The zero-order valence-corrected chi connectivity index (χ0v) is 27.6. The maximum absolute atomic E-state index is 13.7. The second kappa shape index (κ2) is 18.8. The monoisotopic (exact) mass is 643 g/mol. The summed E-state index contributed by atoms with van der Waals surface area (Å²) in [7, 11) is 0. The van der Waals surface area contributed by atoms with Crippen molar-refractivity contribution in [3.8, 4) is 0 Å². The van der Waals surface area contributed by atoms with Crippen molar-refractivity contribution in [2.75, 3.05) is 26.4 Å². The Morgan fingerprint density at radius 1 is 0.660 bits per heavy atom. The first-order valence-electron chi connectivity index (χ1n) is 16.8. The third-order valence-electron chi connectivity index (χ3n) is 8.29. The van der Waals surface area contributed by atoms with E-state index in [2.05, 4.69) is 19.2 Å². The van der Waals surface area contributed by atoms with E-state index in [1.165, 1.54) is 0 Å². The van der Waals surface area contributed by atoms with Crippen LogP contribution in [0.2, 0.25) is 0 Å². The lowest BCUT2D eigenvalue weighted by atomic mass is 9.92. The molecule has 1 saturated heterocycles. The van der Waals surface area contributed by atoms with E-state index in [9.17, 15) is 4.79 Å². The van der Waals surface area contributed by atoms with Crippen molar-refractivity contribution in [1.82, 2.24) is 5.32 Å². The van der Waals surface area contributed by atoms with Crippen LogP contribution in [0.3, 0.4) is 0 Å². The van der Waals surface area contributed by atoms with Crippen molar-refractivity contribution in [2.45, 2.75) is 83.1 Å². The number of benzene rings is 3. The van der Waals surface area contributed by atoms with Gasteiger partial charge in [0.25, 0.3) is 0 Å². The van der Waals surface area contributed by atoms with Gasteiger partial charge in [-0.25, -0.2) is 0 Å². The molecule has 8 nitrogen and oxygen atoms in total. The number of ether oxygens (including phenoxy) is 6. The molecule has 0 aliphatic carbocycles. The van der Waals surface area contributed by atoms with Crippen LogP contribution in [0, 0.1) is 5.92 Å². The third-order valence-corrected chi connectivity index (χ3v) is 8.29. The SMILES string of the molecule is CC(C)C[C@H]1COC/C=C/COC[C@H]2O[C@H](CC(=O)N1)[C@H](OCc1ccccc1)[C@@H](OCc1ccccc1)[C@@H]2OCc1ccccc1. The molecule has 0 aromatic heterocycles. The van der Waals surface area contributed by atoms with Crippen LogP contribution in [0.15, 0.2) is 103 Å². The molecule has 0 spiro atoms. The first-order valence-corrected chi connectivity index (χ1v) is 16.8. The maximum atomic E-state index is 13.7. The summed E-state index contributed by atoms with van der Waals surface area (Å²) < 4.78 is 38.9. The van der Waals surface area contributed by atoms with Crippen molar-refractivity contribution in [2.24, 2.45) is 5.92 Å². The average molecular weight is 644 g/mol. The topological polar surface area (TPSA) is 84.5 Å². The van der Waals surface area contributed by atoms with E-state index in [0.29, 0.717) is 45.6 Å². The lowest BCUT2D eigenvalue weighted by molar-refractivity contribution is -0.271. The van der Waals surface area contributed by atoms with E-state index in [4.69, 9.17) is 28.4 Å². The summed E-state index contributed by atoms with van der Waals surface area (Å²) in [6, 6.07) is 30.0. The van der Waals surface area contributed by atoms with Crippen LogP contribution in [0.1, 0.15) is 43.4 Å². The van der Waals surface area contributed by atoms with Crippen molar-refractivity contribution in [1.29, 1.82) is 0 Å². The standard InChI is InChI=1S/C39H49NO7/c1-29(2)22-33-27-42-20-12-13-21-43-28-35-38(45-25-31-16-8-4-9-17-31)39(46-26-32-18-10-5-11-19-32)37(34(47-35)23-36(41)40-33)44-24-30-14-6-3-7-15-30/h3-19,29,33-35,37-39H,20-28H2,1-2H3,(H,40,41)/b13-12+/t33-,34+,35+,37-,38+,39+/m0/s1. The molecular formula is C39H49NO7. The number of amides is 1. The van der Waals surface area contributed by atoms with Gasteiger partial charge < -0.3 is 33.7 Å². The first kappa shape index (κ1) is 35.0. The van der Waals surface area contributed by atoms with Gasteiger partial charge in [0.05, 0.1) is 64.8 Å². The largest absolute Gasteiger partial charge is 0.375 e. The molecule has 1 fully saturated rings. The maximum Gasteiger partial charge on any atom is 0.223 e. The minimum Gasteiger partial charge on any atom is -0.375 e. The van der Waals surface area contributed by atoms with E-state index in [0.717, 1.165) is 23.1 Å². The van der Waals surface area contributed by atoms with Gasteiger partial charge in [-0.2, -0.15) is 0 Å².